The largest absolute Gasteiger partial charge is 0.493 e. The van der Waals surface area contributed by atoms with E-state index in [1.165, 1.54) is 31.2 Å². The fourth-order valence-electron chi connectivity index (χ4n) is 2.53. The summed E-state index contributed by atoms with van der Waals surface area (Å²) in [6, 6.07) is 6.81. The molecule has 0 aliphatic heterocycles. The Morgan fingerprint density at radius 3 is 2.70 bits per heavy atom. The molecule has 3 nitrogen and oxygen atoms in total. The highest BCUT2D eigenvalue weighted by molar-refractivity contribution is 5.43. The van der Waals surface area contributed by atoms with Crippen LogP contribution in [0, 0.1) is 0 Å². The molecule has 0 radical (unpaired) electrons. The van der Waals surface area contributed by atoms with Crippen molar-refractivity contribution in [2.75, 3.05) is 13.7 Å². The van der Waals surface area contributed by atoms with E-state index in [4.69, 9.17) is 9.47 Å². The van der Waals surface area contributed by atoms with Gasteiger partial charge in [-0.25, -0.2) is 0 Å². The summed E-state index contributed by atoms with van der Waals surface area (Å²) in [6.07, 6.45) is 5.32. The van der Waals surface area contributed by atoms with E-state index in [0.717, 1.165) is 23.6 Å². The van der Waals surface area contributed by atoms with Crippen LogP contribution in [0.4, 0.5) is 0 Å². The highest BCUT2D eigenvalue weighted by Crippen LogP contribution is 2.28. The molecule has 1 fully saturated rings. The fourth-order valence-corrected chi connectivity index (χ4v) is 2.53. The summed E-state index contributed by atoms with van der Waals surface area (Å²) >= 11 is 0. The summed E-state index contributed by atoms with van der Waals surface area (Å²) in [4.78, 5) is 0. The number of hydrogen-bond acceptors (Lipinski definition) is 3. The summed E-state index contributed by atoms with van der Waals surface area (Å²) in [6.45, 7) is 7.21. The van der Waals surface area contributed by atoms with Crippen LogP contribution in [0.1, 0.15) is 38.2 Å². The summed E-state index contributed by atoms with van der Waals surface area (Å²) in [5, 5.41) is 3.61. The molecular formula is C17H25NO2. The Morgan fingerprint density at radius 2 is 2.05 bits per heavy atom. The van der Waals surface area contributed by atoms with Crippen molar-refractivity contribution in [3.8, 4) is 11.5 Å². The van der Waals surface area contributed by atoms with Gasteiger partial charge in [-0.2, -0.15) is 0 Å². The molecule has 110 valence electrons. The molecule has 0 atom stereocenters. The van der Waals surface area contributed by atoms with Gasteiger partial charge < -0.3 is 14.8 Å². The van der Waals surface area contributed by atoms with Crippen LogP contribution < -0.4 is 14.8 Å². The lowest BCUT2D eigenvalue weighted by atomic mass is 10.1. The SMILES string of the molecule is C=C(C)COc1ccc(CNC2CCCC2)cc1OC. The number of methoxy groups -OCH3 is 1. The molecule has 3 heteroatoms. The summed E-state index contributed by atoms with van der Waals surface area (Å²) in [7, 11) is 1.68. The first-order valence-corrected chi connectivity index (χ1v) is 7.36. The first-order chi connectivity index (χ1) is 9.69. The minimum Gasteiger partial charge on any atom is -0.493 e. The van der Waals surface area contributed by atoms with Gasteiger partial charge >= 0.3 is 0 Å². The number of hydrogen-bond donors (Lipinski definition) is 1. The van der Waals surface area contributed by atoms with Crippen LogP contribution >= 0.6 is 0 Å². The van der Waals surface area contributed by atoms with E-state index in [0.29, 0.717) is 12.6 Å². The quantitative estimate of drug-likeness (QED) is 0.770. The monoisotopic (exact) mass is 275 g/mol. The summed E-state index contributed by atoms with van der Waals surface area (Å²) in [5.74, 6) is 1.57. The van der Waals surface area contributed by atoms with Gasteiger partial charge in [0, 0.05) is 12.6 Å². The maximum absolute atomic E-state index is 5.68. The molecule has 0 spiro atoms. The molecule has 0 heterocycles. The highest BCUT2D eigenvalue weighted by Gasteiger charge is 2.14. The van der Waals surface area contributed by atoms with Crippen LogP contribution in [0.3, 0.4) is 0 Å². The Kier molecular flexibility index (Phi) is 5.48. The number of nitrogens with one attached hydrogen (secondary N) is 1. The van der Waals surface area contributed by atoms with Crippen LogP contribution in [0.2, 0.25) is 0 Å². The van der Waals surface area contributed by atoms with E-state index in [9.17, 15) is 0 Å². The molecule has 0 bridgehead atoms. The van der Waals surface area contributed by atoms with Crippen molar-refractivity contribution in [3.63, 3.8) is 0 Å². The molecule has 20 heavy (non-hydrogen) atoms. The van der Waals surface area contributed by atoms with E-state index in [1.807, 2.05) is 13.0 Å². The molecule has 1 N–H and O–H groups in total. The van der Waals surface area contributed by atoms with E-state index < -0.39 is 0 Å². The second-order valence-corrected chi connectivity index (χ2v) is 5.59. The van der Waals surface area contributed by atoms with Crippen molar-refractivity contribution < 1.29 is 9.47 Å². The van der Waals surface area contributed by atoms with Gasteiger partial charge in [0.1, 0.15) is 6.61 Å². The van der Waals surface area contributed by atoms with Crippen molar-refractivity contribution in [1.29, 1.82) is 0 Å². The molecule has 0 amide bonds. The number of rotatable bonds is 7. The van der Waals surface area contributed by atoms with Crippen LogP contribution in [-0.2, 0) is 6.54 Å². The Morgan fingerprint density at radius 1 is 1.30 bits per heavy atom. The summed E-state index contributed by atoms with van der Waals surface area (Å²) < 4.78 is 11.1. The highest BCUT2D eigenvalue weighted by atomic mass is 16.5. The van der Waals surface area contributed by atoms with Crippen molar-refractivity contribution >= 4 is 0 Å². The average molecular weight is 275 g/mol. The topological polar surface area (TPSA) is 30.5 Å². The van der Waals surface area contributed by atoms with Gasteiger partial charge in [-0.05, 0) is 43.0 Å². The second-order valence-electron chi connectivity index (χ2n) is 5.59. The normalized spacial score (nSPS) is 15.3. The molecule has 2 rings (SSSR count). The maximum Gasteiger partial charge on any atom is 0.161 e. The molecule has 1 saturated carbocycles. The fraction of sp³-hybridized carbons (Fsp3) is 0.529. The van der Waals surface area contributed by atoms with Crippen molar-refractivity contribution in [3.05, 3.63) is 35.9 Å². The second kappa shape index (κ2) is 7.34. The first kappa shape index (κ1) is 14.9. The lowest BCUT2D eigenvalue weighted by Crippen LogP contribution is -2.25. The molecule has 1 aromatic rings. The molecule has 1 aromatic carbocycles. The first-order valence-electron chi connectivity index (χ1n) is 7.36. The van der Waals surface area contributed by atoms with Gasteiger partial charge in [0.15, 0.2) is 11.5 Å². The minimum absolute atomic E-state index is 0.524. The van der Waals surface area contributed by atoms with Gasteiger partial charge in [-0.15, -0.1) is 0 Å². The number of benzene rings is 1. The van der Waals surface area contributed by atoms with E-state index >= 15 is 0 Å². The molecule has 1 aliphatic carbocycles. The standard InChI is InChI=1S/C17H25NO2/c1-13(2)12-20-16-9-8-14(10-17(16)19-3)11-18-15-6-4-5-7-15/h8-10,15,18H,1,4-7,11-12H2,2-3H3. The van der Waals surface area contributed by atoms with Crippen LogP contribution in [0.5, 0.6) is 11.5 Å². The van der Waals surface area contributed by atoms with Gasteiger partial charge in [-0.1, -0.05) is 25.5 Å². The zero-order valence-electron chi connectivity index (χ0n) is 12.6. The molecule has 0 unspecified atom stereocenters. The lowest BCUT2D eigenvalue weighted by Gasteiger charge is -2.14. The predicted octanol–water partition coefficient (Wildman–Crippen LogP) is 3.68. The maximum atomic E-state index is 5.68. The third-order valence-electron chi connectivity index (χ3n) is 3.65. The number of ether oxygens (including phenoxy) is 2. The van der Waals surface area contributed by atoms with Gasteiger partial charge in [-0.3, -0.25) is 0 Å². The average Bonchev–Trinajstić information content (AvgIpc) is 2.96. The Labute approximate surface area is 122 Å². The molecule has 0 aromatic heterocycles. The molecule has 0 saturated heterocycles. The minimum atomic E-state index is 0.524. The molecule has 1 aliphatic rings. The van der Waals surface area contributed by atoms with Gasteiger partial charge in [0.05, 0.1) is 7.11 Å². The Bertz CT molecular complexity index is 450. The van der Waals surface area contributed by atoms with Gasteiger partial charge in [0.25, 0.3) is 0 Å². The summed E-state index contributed by atoms with van der Waals surface area (Å²) in [5.41, 5.74) is 2.23. The van der Waals surface area contributed by atoms with Crippen LogP contribution in [0.25, 0.3) is 0 Å². The zero-order chi connectivity index (χ0) is 14.4. The Hall–Kier alpha value is -1.48. The van der Waals surface area contributed by atoms with Crippen molar-refractivity contribution in [2.45, 2.75) is 45.2 Å². The van der Waals surface area contributed by atoms with Crippen LogP contribution in [0.15, 0.2) is 30.4 Å². The van der Waals surface area contributed by atoms with Crippen molar-refractivity contribution in [2.24, 2.45) is 0 Å². The zero-order valence-corrected chi connectivity index (χ0v) is 12.6. The third kappa shape index (κ3) is 4.27. The van der Waals surface area contributed by atoms with Crippen molar-refractivity contribution in [1.82, 2.24) is 5.32 Å². The van der Waals surface area contributed by atoms with E-state index in [2.05, 4.69) is 24.0 Å². The van der Waals surface area contributed by atoms with Crippen LogP contribution in [-0.4, -0.2) is 19.8 Å². The van der Waals surface area contributed by atoms with E-state index in [-0.39, 0.29) is 0 Å². The molecular weight excluding hydrogens is 250 g/mol. The predicted molar refractivity (Wildman–Crippen MR) is 82.4 cm³/mol. The van der Waals surface area contributed by atoms with Gasteiger partial charge in [0.2, 0.25) is 0 Å². The van der Waals surface area contributed by atoms with E-state index in [1.54, 1.807) is 7.11 Å². The smallest absolute Gasteiger partial charge is 0.161 e. The lowest BCUT2D eigenvalue weighted by molar-refractivity contribution is 0.319. The third-order valence-corrected chi connectivity index (χ3v) is 3.65. The Balaban J connectivity index is 1.94.